The summed E-state index contributed by atoms with van der Waals surface area (Å²) in [4.78, 5) is 21.2. The minimum atomic E-state index is -0.617. The normalized spacial score (nSPS) is 10.3. The van der Waals surface area contributed by atoms with Gasteiger partial charge in [0.2, 0.25) is 0 Å². The van der Waals surface area contributed by atoms with Crippen LogP contribution < -0.4 is 0 Å². The van der Waals surface area contributed by atoms with Gasteiger partial charge in [0.25, 0.3) is 0 Å². The smallest absolute Gasteiger partial charge is 0.147 e. The summed E-state index contributed by atoms with van der Waals surface area (Å²) in [5.41, 5.74) is -0.617. The van der Waals surface area contributed by atoms with Crippen molar-refractivity contribution in [2.45, 2.75) is 26.7 Å². The van der Waals surface area contributed by atoms with Crippen molar-refractivity contribution in [1.82, 2.24) is 0 Å². The summed E-state index contributed by atoms with van der Waals surface area (Å²) < 4.78 is 0. The van der Waals surface area contributed by atoms with Crippen molar-refractivity contribution < 1.29 is 9.59 Å². The zero-order chi connectivity index (χ0) is 8.91. The molecule has 0 bridgehead atoms. The van der Waals surface area contributed by atoms with Crippen LogP contribution in [0.1, 0.15) is 26.7 Å². The lowest BCUT2D eigenvalue weighted by atomic mass is 9.88. The molecule has 0 aromatic carbocycles. The second kappa shape index (κ2) is 3.87. The lowest BCUT2D eigenvalue weighted by Gasteiger charge is -2.13. The Morgan fingerprint density at radius 1 is 1.64 bits per heavy atom. The Hall–Kier alpha value is -1.17. The van der Waals surface area contributed by atoms with Gasteiger partial charge in [-0.1, -0.05) is 13.8 Å². The van der Waals surface area contributed by atoms with Crippen LogP contribution in [0.4, 0.5) is 0 Å². The highest BCUT2D eigenvalue weighted by atomic mass is 16.1. The van der Waals surface area contributed by atoms with Gasteiger partial charge in [-0.3, -0.25) is 4.79 Å². The van der Waals surface area contributed by atoms with Gasteiger partial charge in [0.1, 0.15) is 12.1 Å². The van der Waals surface area contributed by atoms with E-state index in [2.05, 4.69) is 0 Å². The number of nitriles is 1. The molecule has 0 aliphatic rings. The van der Waals surface area contributed by atoms with E-state index in [0.29, 0.717) is 0 Å². The Kier molecular flexibility index (Phi) is 3.46. The van der Waals surface area contributed by atoms with Gasteiger partial charge in [0, 0.05) is 11.8 Å². The molecule has 0 aromatic heterocycles. The largest absolute Gasteiger partial charge is 0.303 e. The zero-order valence-corrected chi connectivity index (χ0v) is 6.76. The molecule has 0 amide bonds. The molecule has 0 radical (unpaired) electrons. The molecule has 3 heteroatoms. The number of carbonyl (C=O) groups is 2. The average molecular weight is 153 g/mol. The molecule has 0 atom stereocenters. The number of carbonyl (C=O) groups excluding carboxylic acids is 2. The fraction of sp³-hybridized carbons (Fsp3) is 0.625. The number of aldehydes is 1. The van der Waals surface area contributed by atoms with E-state index in [0.717, 1.165) is 6.29 Å². The van der Waals surface area contributed by atoms with E-state index in [1.165, 1.54) is 0 Å². The summed E-state index contributed by atoms with van der Waals surface area (Å²) in [6.45, 7) is 3.35. The van der Waals surface area contributed by atoms with Gasteiger partial charge in [0.15, 0.2) is 0 Å². The molecule has 0 N–H and O–H groups in total. The average Bonchev–Trinajstić information content (AvgIpc) is 1.87. The third-order valence-electron chi connectivity index (χ3n) is 1.25. The van der Waals surface area contributed by atoms with E-state index < -0.39 is 5.41 Å². The second-order valence-corrected chi connectivity index (χ2v) is 3.16. The van der Waals surface area contributed by atoms with Gasteiger partial charge < -0.3 is 4.79 Å². The number of Topliss-reactive ketones (excluding diaryl/α,β-unsaturated/α-hetero) is 1. The number of rotatable bonds is 4. The third kappa shape index (κ3) is 4.26. The van der Waals surface area contributed by atoms with Crippen molar-refractivity contribution in [3.63, 3.8) is 0 Å². The van der Waals surface area contributed by atoms with Gasteiger partial charge in [-0.25, -0.2) is 0 Å². The Morgan fingerprint density at radius 2 is 2.18 bits per heavy atom. The first-order valence-corrected chi connectivity index (χ1v) is 3.37. The molecule has 11 heavy (non-hydrogen) atoms. The van der Waals surface area contributed by atoms with Gasteiger partial charge >= 0.3 is 0 Å². The van der Waals surface area contributed by atoms with Crippen LogP contribution in [0.5, 0.6) is 0 Å². The van der Waals surface area contributed by atoms with E-state index in [1.54, 1.807) is 19.9 Å². The van der Waals surface area contributed by atoms with Crippen molar-refractivity contribution >= 4 is 12.1 Å². The van der Waals surface area contributed by atoms with E-state index in [9.17, 15) is 9.59 Å². The van der Waals surface area contributed by atoms with Crippen molar-refractivity contribution in [1.29, 1.82) is 5.26 Å². The predicted octanol–water partition coefficient (Wildman–Crippen LogP) is 1.08. The van der Waals surface area contributed by atoms with Crippen LogP contribution in [0, 0.1) is 16.7 Å². The molecule has 0 saturated heterocycles. The van der Waals surface area contributed by atoms with Crippen LogP contribution in [-0.2, 0) is 9.59 Å². The zero-order valence-electron chi connectivity index (χ0n) is 6.76. The SMILES string of the molecule is CC(C)(C=O)CC(=O)CC#N. The summed E-state index contributed by atoms with van der Waals surface area (Å²) in [6.07, 6.45) is 0.795. The van der Waals surface area contributed by atoms with Crippen LogP contribution in [0.2, 0.25) is 0 Å². The molecule has 0 aliphatic heterocycles. The lowest BCUT2D eigenvalue weighted by Crippen LogP contribution is -2.17. The summed E-state index contributed by atoms with van der Waals surface area (Å²) >= 11 is 0. The van der Waals surface area contributed by atoms with Crippen LogP contribution >= 0.6 is 0 Å². The highest BCUT2D eigenvalue weighted by molar-refractivity contribution is 5.83. The summed E-state index contributed by atoms with van der Waals surface area (Å²) in [6, 6.07) is 1.75. The van der Waals surface area contributed by atoms with Crippen LogP contribution in [-0.4, -0.2) is 12.1 Å². The Bertz CT molecular complexity index is 201. The minimum Gasteiger partial charge on any atom is -0.303 e. The Balaban J connectivity index is 3.95. The van der Waals surface area contributed by atoms with Crippen LogP contribution in [0.3, 0.4) is 0 Å². The first-order chi connectivity index (χ1) is 5.02. The van der Waals surface area contributed by atoms with Gasteiger partial charge in [0.05, 0.1) is 12.5 Å². The molecular formula is C8H11NO2. The molecule has 0 saturated carbocycles. The maximum absolute atomic E-state index is 10.8. The number of hydrogen-bond donors (Lipinski definition) is 0. The maximum Gasteiger partial charge on any atom is 0.147 e. The van der Waals surface area contributed by atoms with Gasteiger partial charge in [-0.15, -0.1) is 0 Å². The Labute approximate surface area is 66.0 Å². The van der Waals surface area contributed by atoms with E-state index in [1.807, 2.05) is 0 Å². The Morgan fingerprint density at radius 3 is 2.55 bits per heavy atom. The number of hydrogen-bond acceptors (Lipinski definition) is 3. The third-order valence-corrected chi connectivity index (χ3v) is 1.25. The summed E-state index contributed by atoms with van der Waals surface area (Å²) in [5.74, 6) is -0.176. The quantitative estimate of drug-likeness (QED) is 0.568. The molecule has 3 nitrogen and oxygen atoms in total. The second-order valence-electron chi connectivity index (χ2n) is 3.16. The predicted molar refractivity (Wildman–Crippen MR) is 39.7 cm³/mol. The topological polar surface area (TPSA) is 57.9 Å². The van der Waals surface area contributed by atoms with E-state index >= 15 is 0 Å². The van der Waals surface area contributed by atoms with Gasteiger partial charge in [-0.2, -0.15) is 5.26 Å². The molecule has 0 aliphatic carbocycles. The van der Waals surface area contributed by atoms with Gasteiger partial charge in [-0.05, 0) is 0 Å². The number of nitrogens with zero attached hydrogens (tertiary/aromatic N) is 1. The van der Waals surface area contributed by atoms with Crippen LogP contribution in [0.15, 0.2) is 0 Å². The molecular weight excluding hydrogens is 142 g/mol. The molecule has 0 rings (SSSR count). The molecule has 60 valence electrons. The molecule has 0 unspecified atom stereocenters. The number of ketones is 1. The highest BCUT2D eigenvalue weighted by Crippen LogP contribution is 2.17. The monoisotopic (exact) mass is 153 g/mol. The summed E-state index contributed by atoms with van der Waals surface area (Å²) in [7, 11) is 0. The molecule has 0 heterocycles. The molecule has 0 aromatic rings. The van der Waals surface area contributed by atoms with E-state index in [-0.39, 0.29) is 18.6 Å². The van der Waals surface area contributed by atoms with Crippen molar-refractivity contribution in [3.05, 3.63) is 0 Å². The maximum atomic E-state index is 10.8. The summed E-state index contributed by atoms with van der Waals surface area (Å²) in [5, 5.41) is 8.15. The standard InChI is InChI=1S/C8H11NO2/c1-8(2,6-10)5-7(11)3-4-9/h6H,3,5H2,1-2H3. The minimum absolute atomic E-state index is 0.0999. The van der Waals surface area contributed by atoms with Crippen molar-refractivity contribution in [2.24, 2.45) is 5.41 Å². The van der Waals surface area contributed by atoms with Crippen LogP contribution in [0.25, 0.3) is 0 Å². The van der Waals surface area contributed by atoms with E-state index in [4.69, 9.17) is 5.26 Å². The highest BCUT2D eigenvalue weighted by Gasteiger charge is 2.20. The molecule has 0 spiro atoms. The first-order valence-electron chi connectivity index (χ1n) is 3.37. The van der Waals surface area contributed by atoms with Crippen molar-refractivity contribution in [2.75, 3.05) is 0 Å². The lowest BCUT2D eigenvalue weighted by molar-refractivity contribution is -0.124. The fourth-order valence-electron chi connectivity index (χ4n) is 0.701. The fourth-order valence-corrected chi connectivity index (χ4v) is 0.701. The van der Waals surface area contributed by atoms with Crippen molar-refractivity contribution in [3.8, 4) is 6.07 Å². The molecule has 0 fully saturated rings. The first kappa shape index (κ1) is 9.83.